The number of carbonyl (C=O) groups excluding carboxylic acids is 4. The van der Waals surface area contributed by atoms with Crippen LogP contribution in [0.1, 0.15) is 86.0 Å². The highest BCUT2D eigenvalue weighted by atomic mass is 79.9. The van der Waals surface area contributed by atoms with Crippen LogP contribution in [-0.2, 0) is 36.9 Å². The van der Waals surface area contributed by atoms with Crippen molar-refractivity contribution in [3.8, 4) is 21.9 Å². The molecule has 5 aromatic rings. The number of anilines is 3. The minimum Gasteiger partial charge on any atom is -0.493 e. The minimum atomic E-state index is -0.903. The number of aliphatic hydroxyl groups is 1. The minimum absolute atomic E-state index is 0.00464. The Morgan fingerprint density at radius 1 is 0.934 bits per heavy atom. The summed E-state index contributed by atoms with van der Waals surface area (Å²) in [5.74, 6) is 1.74. The second-order valence-electron chi connectivity index (χ2n) is 19.8. The molecule has 2 aromatic heterocycles. The Morgan fingerprint density at radius 2 is 1.70 bits per heavy atom. The molecule has 4 amide bonds. The van der Waals surface area contributed by atoms with Crippen LogP contribution in [0.2, 0.25) is 0 Å². The topological polar surface area (TPSA) is 210 Å². The number of nitrogens with zero attached hydrogens (tertiary/aromatic N) is 6. The normalized spacial score (nSPS) is 16.6. The van der Waals surface area contributed by atoms with Crippen LogP contribution in [0.5, 0.6) is 11.5 Å². The maximum Gasteiger partial charge on any atom is 0.255 e. The van der Waals surface area contributed by atoms with Crippen molar-refractivity contribution in [3.05, 3.63) is 105 Å². The molecule has 1 saturated heterocycles. The van der Waals surface area contributed by atoms with Crippen molar-refractivity contribution < 1.29 is 43.2 Å². The summed E-state index contributed by atoms with van der Waals surface area (Å²) in [5.41, 5.74) is 6.68. The molecule has 1 saturated carbocycles. The summed E-state index contributed by atoms with van der Waals surface area (Å²) in [6.45, 7) is 10.3. The third-order valence-corrected chi connectivity index (χ3v) is 15.4. The van der Waals surface area contributed by atoms with Crippen molar-refractivity contribution in [3.63, 3.8) is 0 Å². The van der Waals surface area contributed by atoms with Gasteiger partial charge in [0.25, 0.3) is 5.91 Å². The largest absolute Gasteiger partial charge is 0.493 e. The number of likely N-dealkylation sites (tertiary alicyclic amines) is 1. The van der Waals surface area contributed by atoms with Gasteiger partial charge in [0, 0.05) is 101 Å². The van der Waals surface area contributed by atoms with Gasteiger partial charge in [-0.1, -0.05) is 50.6 Å². The third kappa shape index (κ3) is 14.6. The van der Waals surface area contributed by atoms with E-state index in [0.717, 1.165) is 69.5 Å². The molecule has 0 bridgehead atoms. The summed E-state index contributed by atoms with van der Waals surface area (Å²) in [5, 5.41) is 20.4. The quantitative estimate of drug-likeness (QED) is 0.0350. The van der Waals surface area contributed by atoms with Gasteiger partial charge in [0.05, 0.1) is 39.9 Å². The number of aryl methyl sites for hydroxylation is 1. The zero-order chi connectivity index (χ0) is 53.6. The molecular formula is C56H70BrN9O9S. The summed E-state index contributed by atoms with van der Waals surface area (Å²) in [4.78, 5) is 73.4. The lowest BCUT2D eigenvalue weighted by Gasteiger charge is -2.35. The molecule has 1 unspecified atom stereocenters. The van der Waals surface area contributed by atoms with Crippen molar-refractivity contribution in [1.29, 1.82) is 0 Å². The molecule has 76 heavy (non-hydrogen) atoms. The number of nitrogens with one attached hydrogen (secondary N) is 3. The van der Waals surface area contributed by atoms with Gasteiger partial charge in [-0.15, -0.1) is 11.3 Å². The fraction of sp³-hybridized carbons (Fsp3) is 0.482. The fourth-order valence-corrected chi connectivity index (χ4v) is 10.7. The van der Waals surface area contributed by atoms with E-state index in [1.54, 1.807) is 34.0 Å². The monoisotopic (exact) mass is 1120 g/mol. The van der Waals surface area contributed by atoms with Crippen LogP contribution in [0.3, 0.4) is 0 Å². The van der Waals surface area contributed by atoms with Gasteiger partial charge in [-0.3, -0.25) is 19.2 Å². The smallest absolute Gasteiger partial charge is 0.255 e. The number of rotatable bonds is 28. The molecule has 0 spiro atoms. The highest BCUT2D eigenvalue weighted by Gasteiger charge is 2.46. The van der Waals surface area contributed by atoms with Gasteiger partial charge in [0.1, 0.15) is 36.0 Å². The van der Waals surface area contributed by atoms with Crippen molar-refractivity contribution in [2.24, 2.45) is 11.8 Å². The van der Waals surface area contributed by atoms with Crippen LogP contribution >= 0.6 is 27.3 Å². The number of thiazole rings is 1. The number of halogens is 1. The molecule has 4 heterocycles. The maximum absolute atomic E-state index is 14.3. The molecule has 20 heteroatoms. The van der Waals surface area contributed by atoms with Crippen molar-refractivity contribution in [1.82, 2.24) is 35.0 Å². The van der Waals surface area contributed by atoms with Crippen LogP contribution in [0, 0.1) is 18.8 Å². The van der Waals surface area contributed by atoms with E-state index in [0.29, 0.717) is 94.5 Å². The molecule has 3 aromatic carbocycles. The summed E-state index contributed by atoms with van der Waals surface area (Å²) in [6.07, 6.45) is 6.25. The number of benzene rings is 3. The first-order valence-corrected chi connectivity index (χ1v) is 28.0. The van der Waals surface area contributed by atoms with Crippen molar-refractivity contribution >= 4 is 68.3 Å². The Balaban J connectivity index is 0.721. The summed E-state index contributed by atoms with van der Waals surface area (Å²) >= 11 is 5.07. The first kappa shape index (κ1) is 56.0. The number of aromatic nitrogens is 3. The molecule has 1 aliphatic carbocycles. The van der Waals surface area contributed by atoms with Crippen LogP contribution < -0.4 is 25.4 Å². The highest BCUT2D eigenvalue weighted by Crippen LogP contribution is 2.34. The van der Waals surface area contributed by atoms with Crippen molar-refractivity contribution in [2.45, 2.75) is 97.0 Å². The number of fused-ring (bicyclic) bond motifs is 1. The fourth-order valence-electron chi connectivity index (χ4n) is 9.55. The molecule has 2 aliphatic heterocycles. The number of β-amino-alcohol motifs (C(OH)–C–C–N with tert-alkyl or cyclic N) is 1. The molecule has 3 aliphatic rings. The van der Waals surface area contributed by atoms with Crippen LogP contribution in [-0.4, -0.2) is 143 Å². The predicted molar refractivity (Wildman–Crippen MR) is 295 cm³/mol. The number of aliphatic hydroxyl groups excluding tert-OH is 1. The number of amides is 4. The van der Waals surface area contributed by atoms with Crippen LogP contribution in [0.4, 0.5) is 17.5 Å². The molecule has 8 rings (SSSR count). The van der Waals surface area contributed by atoms with Crippen molar-refractivity contribution in [2.75, 3.05) is 77.0 Å². The number of ether oxygens (including phenoxy) is 4. The summed E-state index contributed by atoms with van der Waals surface area (Å²) in [6, 6.07) is 19.1. The second kappa shape index (κ2) is 27.2. The van der Waals surface area contributed by atoms with Gasteiger partial charge in [-0.25, -0.2) is 9.97 Å². The van der Waals surface area contributed by atoms with Gasteiger partial charge in [-0.05, 0) is 102 Å². The molecule has 406 valence electrons. The highest BCUT2D eigenvalue weighted by molar-refractivity contribution is 9.10. The lowest BCUT2D eigenvalue weighted by atomic mass is 9.84. The number of hydrogen-bond donors (Lipinski definition) is 4. The standard InChI is InChI=1S/C56H70BrN9O9S/c1-36(2)49(66-33-41-11-5-6-14-45(41)54(66)70)55(71)65-34-43(67)30-47(65)52(68)59-31-40-16-15-39(50-37(3)61-35-76-50)29-48(40)75-26-10-25-72-23-9-24-73-27-28-74-44-19-17-42(18-20-44)62-56-60-32-46(57)51(63-56)58-21-8-22-64(4)53(69)38-12-7-13-38/h5-6,11,14-20,29,32,35-36,38,43,47,49,67H,7-10,12-13,21-28,30-31,33-34H2,1-4H3,(H,59,68)(H2,58,60,62,63)/t43-,47+,49?/m1/s1. The number of hydrogen-bond acceptors (Lipinski definition) is 15. The average Bonchev–Trinajstić information content (AvgIpc) is 4.11. The van der Waals surface area contributed by atoms with Gasteiger partial charge >= 0.3 is 0 Å². The van der Waals surface area contributed by atoms with E-state index >= 15 is 0 Å². The molecule has 18 nitrogen and oxygen atoms in total. The molecule has 2 fully saturated rings. The first-order chi connectivity index (χ1) is 36.8. The zero-order valence-electron chi connectivity index (χ0n) is 43.8. The molecule has 0 radical (unpaired) electrons. The molecular weight excluding hydrogens is 1050 g/mol. The van der Waals surface area contributed by atoms with E-state index < -0.39 is 18.2 Å². The summed E-state index contributed by atoms with van der Waals surface area (Å²) in [7, 11) is 1.88. The van der Waals surface area contributed by atoms with E-state index in [9.17, 15) is 24.3 Å². The lowest BCUT2D eigenvalue weighted by molar-refractivity contribution is -0.143. The Morgan fingerprint density at radius 3 is 2.42 bits per heavy atom. The second-order valence-corrected chi connectivity index (χ2v) is 21.5. The first-order valence-electron chi connectivity index (χ1n) is 26.3. The van der Waals surface area contributed by atoms with E-state index in [1.807, 2.05) is 93.4 Å². The van der Waals surface area contributed by atoms with Gasteiger partial charge in [0.15, 0.2) is 0 Å². The molecule has 3 atom stereocenters. The van der Waals surface area contributed by atoms with Crippen LogP contribution in [0.25, 0.3) is 10.4 Å². The van der Waals surface area contributed by atoms with E-state index in [2.05, 4.69) is 46.8 Å². The lowest BCUT2D eigenvalue weighted by Crippen LogP contribution is -2.55. The Hall–Kier alpha value is -6.19. The molecule has 4 N–H and O–H groups in total. The Labute approximate surface area is 457 Å². The predicted octanol–water partition coefficient (Wildman–Crippen LogP) is 8.00. The average molecular weight is 1130 g/mol. The number of carbonyl (C=O) groups is 4. The zero-order valence-corrected chi connectivity index (χ0v) is 46.2. The Bertz CT molecular complexity index is 2760. The maximum atomic E-state index is 14.3. The van der Waals surface area contributed by atoms with E-state index in [4.69, 9.17) is 18.9 Å². The van der Waals surface area contributed by atoms with Crippen LogP contribution in [0.15, 0.2) is 82.9 Å². The van der Waals surface area contributed by atoms with Gasteiger partial charge < -0.3 is 54.7 Å². The SMILES string of the molecule is Cc1ncsc1-c1ccc(CNC(=O)[C@@H]2C[C@@H](O)CN2C(=O)C(C(C)C)N2Cc3ccccc3C2=O)c(OCCCOCCCOCCOc2ccc(Nc3ncc(Br)c(NCCCN(C)C(=O)C4CCC4)n3)cc2)c1. The Kier molecular flexibility index (Phi) is 20.1. The summed E-state index contributed by atoms with van der Waals surface area (Å²) < 4.78 is 24.7. The van der Waals surface area contributed by atoms with Gasteiger partial charge in [0.2, 0.25) is 23.7 Å². The third-order valence-electron chi connectivity index (χ3n) is 13.9. The van der Waals surface area contributed by atoms with E-state index in [-0.39, 0.29) is 55.0 Å². The van der Waals surface area contributed by atoms with Gasteiger partial charge in [-0.2, -0.15) is 4.98 Å². The van der Waals surface area contributed by atoms with E-state index in [1.165, 1.54) is 4.90 Å².